The lowest BCUT2D eigenvalue weighted by molar-refractivity contribution is -0.142. The van der Waals surface area contributed by atoms with Crippen molar-refractivity contribution in [2.24, 2.45) is 0 Å². The van der Waals surface area contributed by atoms with Crippen LogP contribution in [0, 0.1) is 0 Å². The largest absolute Gasteiger partial charge is 0.484 e. The second kappa shape index (κ2) is 8.88. The van der Waals surface area contributed by atoms with E-state index >= 15 is 0 Å². The van der Waals surface area contributed by atoms with Gasteiger partial charge in [-0.3, -0.25) is 14.4 Å². The third-order valence-corrected chi connectivity index (χ3v) is 5.91. The molecule has 30 heavy (non-hydrogen) atoms. The Morgan fingerprint density at radius 1 is 1.03 bits per heavy atom. The van der Waals surface area contributed by atoms with E-state index < -0.39 is 6.04 Å². The molecule has 0 spiro atoms. The Kier molecular flexibility index (Phi) is 6.04. The van der Waals surface area contributed by atoms with Crippen molar-refractivity contribution in [2.75, 3.05) is 11.5 Å². The van der Waals surface area contributed by atoms with E-state index in [2.05, 4.69) is 0 Å². The molecule has 156 valence electrons. The van der Waals surface area contributed by atoms with Gasteiger partial charge in [-0.2, -0.15) is 0 Å². The van der Waals surface area contributed by atoms with Crippen molar-refractivity contribution < 1.29 is 19.1 Å². The first-order valence-corrected chi connectivity index (χ1v) is 10.5. The van der Waals surface area contributed by atoms with E-state index in [0.29, 0.717) is 16.5 Å². The molecule has 1 atom stereocenters. The molecule has 1 saturated carbocycles. The highest BCUT2D eigenvalue weighted by Crippen LogP contribution is 2.32. The molecule has 0 N–H and O–H groups in total. The van der Waals surface area contributed by atoms with Gasteiger partial charge < -0.3 is 9.64 Å². The highest BCUT2D eigenvalue weighted by molar-refractivity contribution is 6.30. The van der Waals surface area contributed by atoms with Crippen LogP contribution in [0.2, 0.25) is 5.02 Å². The molecule has 1 saturated heterocycles. The minimum absolute atomic E-state index is 0.0188. The fourth-order valence-corrected chi connectivity index (χ4v) is 4.37. The molecular weight excluding hydrogens is 404 g/mol. The van der Waals surface area contributed by atoms with Gasteiger partial charge in [0, 0.05) is 11.1 Å². The fraction of sp³-hybridized carbons (Fsp3) is 0.348. The van der Waals surface area contributed by atoms with Crippen LogP contribution < -0.4 is 9.64 Å². The molecular formula is C23H23ClN2O4. The van der Waals surface area contributed by atoms with Gasteiger partial charge in [-0.05, 0) is 49.2 Å². The maximum Gasteiger partial charge on any atom is 0.261 e. The Morgan fingerprint density at radius 2 is 1.70 bits per heavy atom. The summed E-state index contributed by atoms with van der Waals surface area (Å²) >= 11 is 5.93. The Morgan fingerprint density at radius 3 is 2.37 bits per heavy atom. The molecule has 2 fully saturated rings. The van der Waals surface area contributed by atoms with Crippen LogP contribution >= 0.6 is 11.6 Å². The molecule has 1 unspecified atom stereocenters. The van der Waals surface area contributed by atoms with E-state index in [1.54, 1.807) is 41.3 Å². The van der Waals surface area contributed by atoms with Crippen molar-refractivity contribution in [3.8, 4) is 5.75 Å². The molecule has 1 heterocycles. The van der Waals surface area contributed by atoms with E-state index in [0.717, 1.165) is 30.6 Å². The fourth-order valence-electron chi connectivity index (χ4n) is 4.25. The summed E-state index contributed by atoms with van der Waals surface area (Å²) in [6.45, 7) is -0.167. The number of rotatable bonds is 6. The van der Waals surface area contributed by atoms with Crippen LogP contribution in [-0.2, 0) is 14.4 Å². The van der Waals surface area contributed by atoms with Crippen LogP contribution in [0.25, 0.3) is 0 Å². The summed E-state index contributed by atoms with van der Waals surface area (Å²) in [5.74, 6) is -0.363. The predicted molar refractivity (Wildman–Crippen MR) is 113 cm³/mol. The molecule has 6 nitrogen and oxygen atoms in total. The first-order chi connectivity index (χ1) is 14.5. The minimum atomic E-state index is -0.803. The standard InChI is InChI=1S/C23H23ClN2O4/c24-16-10-12-18(13-11-16)26-21(27)14-20(23(26)29)25(17-6-4-5-7-17)22(28)15-30-19-8-2-1-3-9-19/h1-3,8-13,17,20H,4-7,14-15H2. The maximum absolute atomic E-state index is 13.2. The Hall–Kier alpha value is -2.86. The molecule has 7 heteroatoms. The number of hydrogen-bond acceptors (Lipinski definition) is 4. The normalized spacial score (nSPS) is 19.4. The van der Waals surface area contributed by atoms with E-state index in [1.165, 1.54) is 0 Å². The zero-order valence-electron chi connectivity index (χ0n) is 16.5. The number of benzene rings is 2. The van der Waals surface area contributed by atoms with Gasteiger partial charge in [0.25, 0.3) is 11.8 Å². The van der Waals surface area contributed by atoms with Gasteiger partial charge in [-0.1, -0.05) is 42.6 Å². The van der Waals surface area contributed by atoms with Gasteiger partial charge in [0.2, 0.25) is 5.91 Å². The first-order valence-electron chi connectivity index (χ1n) is 10.2. The van der Waals surface area contributed by atoms with Crippen molar-refractivity contribution >= 4 is 35.0 Å². The molecule has 1 aliphatic carbocycles. The van der Waals surface area contributed by atoms with E-state index in [-0.39, 0.29) is 36.8 Å². The number of halogens is 1. The van der Waals surface area contributed by atoms with Crippen LogP contribution in [0.1, 0.15) is 32.1 Å². The smallest absolute Gasteiger partial charge is 0.261 e. The molecule has 1 aliphatic heterocycles. The number of hydrogen-bond donors (Lipinski definition) is 0. The van der Waals surface area contributed by atoms with Crippen molar-refractivity contribution in [3.05, 3.63) is 59.6 Å². The van der Waals surface area contributed by atoms with Gasteiger partial charge in [0.05, 0.1) is 12.1 Å². The highest BCUT2D eigenvalue weighted by atomic mass is 35.5. The van der Waals surface area contributed by atoms with Gasteiger partial charge in [-0.15, -0.1) is 0 Å². The maximum atomic E-state index is 13.2. The van der Waals surface area contributed by atoms with Gasteiger partial charge in [-0.25, -0.2) is 4.90 Å². The predicted octanol–water partition coefficient (Wildman–Crippen LogP) is 3.82. The summed E-state index contributed by atoms with van der Waals surface area (Å²) in [4.78, 5) is 41.8. The van der Waals surface area contributed by atoms with E-state index in [9.17, 15) is 14.4 Å². The molecule has 2 aromatic rings. The van der Waals surface area contributed by atoms with Crippen LogP contribution in [0.3, 0.4) is 0 Å². The summed E-state index contributed by atoms with van der Waals surface area (Å²) in [5, 5.41) is 0.523. The summed E-state index contributed by atoms with van der Waals surface area (Å²) in [5.41, 5.74) is 0.469. The molecule has 4 rings (SSSR count). The molecule has 0 aromatic heterocycles. The van der Waals surface area contributed by atoms with Crippen molar-refractivity contribution in [2.45, 2.75) is 44.2 Å². The Labute approximate surface area is 180 Å². The molecule has 2 aromatic carbocycles. The average Bonchev–Trinajstić information content (AvgIpc) is 3.37. The van der Waals surface area contributed by atoms with E-state index in [1.807, 2.05) is 18.2 Å². The number of carbonyl (C=O) groups is 3. The summed E-state index contributed by atoms with van der Waals surface area (Å²) in [7, 11) is 0. The number of nitrogens with zero attached hydrogens (tertiary/aromatic N) is 2. The van der Waals surface area contributed by atoms with Gasteiger partial charge in [0.15, 0.2) is 6.61 Å². The number of anilines is 1. The Bertz CT molecular complexity index is 926. The van der Waals surface area contributed by atoms with E-state index in [4.69, 9.17) is 16.3 Å². The number of para-hydroxylation sites is 1. The third kappa shape index (κ3) is 4.19. The zero-order valence-corrected chi connectivity index (χ0v) is 17.3. The highest BCUT2D eigenvalue weighted by Gasteiger charge is 2.46. The van der Waals surface area contributed by atoms with Crippen molar-refractivity contribution in [1.82, 2.24) is 4.90 Å². The molecule has 0 radical (unpaired) electrons. The topological polar surface area (TPSA) is 66.9 Å². The first kappa shape index (κ1) is 20.4. The van der Waals surface area contributed by atoms with Crippen molar-refractivity contribution in [1.29, 1.82) is 0 Å². The quantitative estimate of drug-likeness (QED) is 0.658. The molecule has 0 bridgehead atoms. The third-order valence-electron chi connectivity index (χ3n) is 5.66. The SMILES string of the molecule is O=C1CC(N(C(=O)COc2ccccc2)C2CCCC2)C(=O)N1c1ccc(Cl)cc1. The minimum Gasteiger partial charge on any atom is -0.484 e. The van der Waals surface area contributed by atoms with Crippen molar-refractivity contribution in [3.63, 3.8) is 0 Å². The summed E-state index contributed by atoms with van der Waals surface area (Å²) in [6.07, 6.45) is 3.65. The zero-order chi connectivity index (χ0) is 21.1. The lowest BCUT2D eigenvalue weighted by atomic mass is 10.1. The van der Waals surface area contributed by atoms with Crippen LogP contribution in [0.5, 0.6) is 5.75 Å². The lowest BCUT2D eigenvalue weighted by Gasteiger charge is -2.33. The van der Waals surface area contributed by atoms with Gasteiger partial charge in [0.1, 0.15) is 11.8 Å². The number of carbonyl (C=O) groups excluding carboxylic acids is 3. The molecule has 2 aliphatic rings. The average molecular weight is 427 g/mol. The number of amides is 3. The monoisotopic (exact) mass is 426 g/mol. The summed E-state index contributed by atoms with van der Waals surface area (Å²) in [6, 6.07) is 14.8. The van der Waals surface area contributed by atoms with Crippen LogP contribution in [0.4, 0.5) is 5.69 Å². The number of imide groups is 1. The van der Waals surface area contributed by atoms with Crippen LogP contribution in [-0.4, -0.2) is 41.3 Å². The van der Waals surface area contributed by atoms with Crippen LogP contribution in [0.15, 0.2) is 54.6 Å². The lowest BCUT2D eigenvalue weighted by Crippen LogP contribution is -2.51. The Balaban J connectivity index is 1.54. The molecule has 3 amide bonds. The second-order valence-corrected chi connectivity index (χ2v) is 8.04. The number of ether oxygens (including phenoxy) is 1. The van der Waals surface area contributed by atoms with Gasteiger partial charge >= 0.3 is 0 Å². The second-order valence-electron chi connectivity index (χ2n) is 7.60. The summed E-state index contributed by atoms with van der Waals surface area (Å²) < 4.78 is 5.64.